The highest BCUT2D eigenvalue weighted by atomic mass is 16.6. The first-order chi connectivity index (χ1) is 8.72. The van der Waals surface area contributed by atoms with Gasteiger partial charge in [-0.25, -0.2) is 9.59 Å². The quantitative estimate of drug-likeness (QED) is 0.549. The van der Waals surface area contributed by atoms with E-state index in [0.29, 0.717) is 0 Å². The van der Waals surface area contributed by atoms with E-state index < -0.39 is 42.5 Å². The predicted molar refractivity (Wildman–Crippen MR) is 65.4 cm³/mol. The lowest BCUT2D eigenvalue weighted by Crippen LogP contribution is -2.31. The monoisotopic (exact) mass is 275 g/mol. The highest BCUT2D eigenvalue weighted by Gasteiger charge is 2.61. The number of esters is 1. The van der Waals surface area contributed by atoms with Crippen molar-refractivity contribution >= 4 is 12.1 Å². The second-order valence-electron chi connectivity index (χ2n) is 5.33. The number of ether oxygens (including phenoxy) is 2. The largest absolute Gasteiger partial charge is 0.464 e. The molecule has 7 nitrogen and oxygen atoms in total. The Morgan fingerprint density at radius 1 is 1.37 bits per heavy atom. The van der Waals surface area contributed by atoms with Crippen molar-refractivity contribution in [3.05, 3.63) is 0 Å². The van der Waals surface area contributed by atoms with Crippen LogP contribution in [0.4, 0.5) is 4.79 Å². The first-order valence-electron chi connectivity index (χ1n) is 6.19. The number of hydrogen-bond acceptors (Lipinski definition) is 6. The molecule has 1 rings (SSSR count). The van der Waals surface area contributed by atoms with E-state index in [1.54, 1.807) is 27.7 Å². The van der Waals surface area contributed by atoms with Crippen LogP contribution < -0.4 is 0 Å². The second kappa shape index (κ2) is 5.75. The molecule has 0 spiro atoms. The van der Waals surface area contributed by atoms with E-state index in [2.05, 4.69) is 0 Å². The molecule has 0 saturated carbocycles. The molecule has 1 aliphatic heterocycles. The number of aliphatic hydroxyl groups is 2. The van der Waals surface area contributed by atoms with Gasteiger partial charge in [0.15, 0.2) is 6.04 Å². The number of amides is 1. The summed E-state index contributed by atoms with van der Waals surface area (Å²) in [5.74, 6) is -0.606. The van der Waals surface area contributed by atoms with Crippen LogP contribution >= 0.6 is 0 Å². The van der Waals surface area contributed by atoms with Gasteiger partial charge in [0, 0.05) is 0 Å². The molecule has 0 unspecified atom stereocenters. The third-order valence-electron chi connectivity index (χ3n) is 2.57. The van der Waals surface area contributed by atoms with Crippen LogP contribution in [0.5, 0.6) is 0 Å². The molecule has 0 aromatic heterocycles. The number of carbonyl (C=O) groups is 2. The number of hydrogen-bond donors (Lipinski definition) is 2. The SMILES string of the molecule is CCOC(=O)[C@H]1[C@H]([C@H](O)CO)N1C(=O)OC(C)(C)C. The molecule has 0 aliphatic carbocycles. The van der Waals surface area contributed by atoms with Crippen molar-refractivity contribution in [3.63, 3.8) is 0 Å². The summed E-state index contributed by atoms with van der Waals surface area (Å²) in [7, 11) is 0. The molecule has 3 atom stereocenters. The summed E-state index contributed by atoms with van der Waals surface area (Å²) < 4.78 is 9.95. The van der Waals surface area contributed by atoms with Gasteiger partial charge in [0.1, 0.15) is 11.7 Å². The summed E-state index contributed by atoms with van der Waals surface area (Å²) in [5.41, 5.74) is -0.701. The summed E-state index contributed by atoms with van der Waals surface area (Å²) in [6, 6.07) is -1.68. The highest BCUT2D eigenvalue weighted by molar-refractivity contribution is 5.88. The van der Waals surface area contributed by atoms with Gasteiger partial charge in [0.2, 0.25) is 0 Å². The summed E-state index contributed by atoms with van der Waals surface area (Å²) >= 11 is 0. The molecule has 1 heterocycles. The summed E-state index contributed by atoms with van der Waals surface area (Å²) in [6.07, 6.45) is -1.90. The molecule has 1 aliphatic rings. The van der Waals surface area contributed by atoms with Crippen LogP contribution in [0.15, 0.2) is 0 Å². The van der Waals surface area contributed by atoms with Crippen molar-refractivity contribution in [2.24, 2.45) is 0 Å². The minimum absolute atomic E-state index is 0.180. The fraction of sp³-hybridized carbons (Fsp3) is 0.833. The van der Waals surface area contributed by atoms with E-state index in [-0.39, 0.29) is 6.61 Å². The summed E-state index contributed by atoms with van der Waals surface area (Å²) in [5, 5.41) is 18.5. The lowest BCUT2D eigenvalue weighted by Gasteiger charge is -2.20. The van der Waals surface area contributed by atoms with Crippen molar-refractivity contribution in [1.29, 1.82) is 0 Å². The Labute approximate surface area is 112 Å². The van der Waals surface area contributed by atoms with Gasteiger partial charge in [0.25, 0.3) is 0 Å². The standard InChI is InChI=1S/C12H21NO6/c1-5-18-10(16)9-8(7(15)6-14)13(9)11(17)19-12(2,3)4/h7-9,14-15H,5-6H2,1-4H3/t7-,8+,9-,13?/m1/s1. The van der Waals surface area contributed by atoms with Gasteiger partial charge in [-0.2, -0.15) is 0 Å². The molecule has 7 heteroatoms. The average molecular weight is 275 g/mol. The zero-order chi connectivity index (χ0) is 14.8. The van der Waals surface area contributed by atoms with Crippen LogP contribution in [0.2, 0.25) is 0 Å². The zero-order valence-corrected chi connectivity index (χ0v) is 11.6. The Morgan fingerprint density at radius 3 is 2.37 bits per heavy atom. The van der Waals surface area contributed by atoms with Crippen molar-refractivity contribution in [2.75, 3.05) is 13.2 Å². The van der Waals surface area contributed by atoms with Gasteiger partial charge in [-0.15, -0.1) is 0 Å². The maximum absolute atomic E-state index is 11.9. The lowest BCUT2D eigenvalue weighted by molar-refractivity contribution is -0.143. The normalized spacial score (nSPS) is 23.8. The second-order valence-corrected chi connectivity index (χ2v) is 5.33. The number of carbonyl (C=O) groups excluding carboxylic acids is 2. The van der Waals surface area contributed by atoms with Gasteiger partial charge in [-0.05, 0) is 27.7 Å². The molecule has 0 radical (unpaired) electrons. The van der Waals surface area contributed by atoms with Crippen LogP contribution in [0.25, 0.3) is 0 Å². The smallest absolute Gasteiger partial charge is 0.411 e. The Morgan fingerprint density at radius 2 is 1.95 bits per heavy atom. The minimum Gasteiger partial charge on any atom is -0.464 e. The van der Waals surface area contributed by atoms with Crippen molar-refractivity contribution in [3.8, 4) is 0 Å². The Bertz CT molecular complexity index is 351. The van der Waals surface area contributed by atoms with Crippen LogP contribution in [-0.2, 0) is 14.3 Å². The van der Waals surface area contributed by atoms with E-state index in [1.165, 1.54) is 0 Å². The van der Waals surface area contributed by atoms with Gasteiger partial charge in [-0.1, -0.05) is 0 Å². The predicted octanol–water partition coefficient (Wildman–Crippen LogP) is -0.109. The third kappa shape index (κ3) is 3.81. The van der Waals surface area contributed by atoms with E-state index in [9.17, 15) is 14.7 Å². The molecule has 110 valence electrons. The van der Waals surface area contributed by atoms with Crippen LogP contribution in [0.3, 0.4) is 0 Å². The number of nitrogens with zero attached hydrogens (tertiary/aromatic N) is 1. The van der Waals surface area contributed by atoms with E-state index >= 15 is 0 Å². The minimum atomic E-state index is -1.19. The molecule has 1 fully saturated rings. The topological polar surface area (TPSA) is 96.1 Å². The van der Waals surface area contributed by atoms with Crippen LogP contribution in [0.1, 0.15) is 27.7 Å². The Balaban J connectivity index is 2.74. The summed E-state index contributed by atoms with van der Waals surface area (Å²) in [6.45, 7) is 6.39. The molecule has 19 heavy (non-hydrogen) atoms. The third-order valence-corrected chi connectivity index (χ3v) is 2.57. The van der Waals surface area contributed by atoms with E-state index in [0.717, 1.165) is 4.90 Å². The van der Waals surface area contributed by atoms with Gasteiger partial charge in [-0.3, -0.25) is 4.90 Å². The molecule has 2 N–H and O–H groups in total. The number of rotatable bonds is 4. The molecule has 1 saturated heterocycles. The molecule has 0 bridgehead atoms. The van der Waals surface area contributed by atoms with Crippen LogP contribution in [0, 0.1) is 0 Å². The van der Waals surface area contributed by atoms with Crippen molar-refractivity contribution in [1.82, 2.24) is 4.90 Å². The molecular weight excluding hydrogens is 254 g/mol. The summed E-state index contributed by atoms with van der Waals surface area (Å²) in [4.78, 5) is 24.6. The Kier molecular flexibility index (Phi) is 4.75. The maximum Gasteiger partial charge on any atom is 0.411 e. The molecule has 1 amide bonds. The highest BCUT2D eigenvalue weighted by Crippen LogP contribution is 2.34. The maximum atomic E-state index is 11.9. The van der Waals surface area contributed by atoms with E-state index in [4.69, 9.17) is 14.6 Å². The van der Waals surface area contributed by atoms with Gasteiger partial charge < -0.3 is 19.7 Å². The van der Waals surface area contributed by atoms with Crippen molar-refractivity contribution in [2.45, 2.75) is 51.5 Å². The van der Waals surface area contributed by atoms with Gasteiger partial charge in [0.05, 0.1) is 19.3 Å². The van der Waals surface area contributed by atoms with Gasteiger partial charge >= 0.3 is 12.1 Å². The fourth-order valence-electron chi connectivity index (χ4n) is 1.78. The molecule has 0 aromatic rings. The fourth-order valence-corrected chi connectivity index (χ4v) is 1.78. The number of aliphatic hydroxyl groups excluding tert-OH is 2. The first-order valence-corrected chi connectivity index (χ1v) is 6.19. The first kappa shape index (κ1) is 15.7. The van der Waals surface area contributed by atoms with E-state index in [1.807, 2.05) is 0 Å². The zero-order valence-electron chi connectivity index (χ0n) is 11.6. The van der Waals surface area contributed by atoms with Crippen molar-refractivity contribution < 1.29 is 29.3 Å². The Hall–Kier alpha value is -1.34. The lowest BCUT2D eigenvalue weighted by atomic mass is 10.2. The molecule has 0 aromatic carbocycles. The average Bonchev–Trinajstić information content (AvgIpc) is 3.01. The van der Waals surface area contributed by atoms with Crippen LogP contribution in [-0.4, -0.2) is 64.2 Å². The molecular formula is C12H21NO6.